The smallest absolute Gasteiger partial charge is 0.407 e. The fourth-order valence-corrected chi connectivity index (χ4v) is 4.60. The Kier molecular flexibility index (Phi) is 5.47. The van der Waals surface area contributed by atoms with Crippen LogP contribution in [0.25, 0.3) is 0 Å². The number of likely N-dealkylation sites (tertiary alicyclic amines) is 1. The van der Waals surface area contributed by atoms with Crippen molar-refractivity contribution in [1.82, 2.24) is 14.8 Å². The molecule has 6 heteroatoms. The van der Waals surface area contributed by atoms with E-state index in [1.165, 1.54) is 0 Å². The van der Waals surface area contributed by atoms with Crippen molar-refractivity contribution >= 4 is 6.09 Å². The maximum absolute atomic E-state index is 11.4. The van der Waals surface area contributed by atoms with E-state index < -0.39 is 11.5 Å². The number of pyridine rings is 1. The Morgan fingerprint density at radius 3 is 2.73 bits per heavy atom. The monoisotopic (exact) mass is 356 g/mol. The number of carbonyl (C=O) groups is 1. The summed E-state index contributed by atoms with van der Waals surface area (Å²) in [6.45, 7) is 6.16. The van der Waals surface area contributed by atoms with Gasteiger partial charge in [-0.3, -0.25) is 9.88 Å². The zero-order valence-electron chi connectivity index (χ0n) is 15.7. The molecule has 1 aromatic rings. The molecule has 0 radical (unpaired) electrons. The molecule has 1 saturated carbocycles. The molecule has 1 N–H and O–H groups in total. The second-order valence-electron chi connectivity index (χ2n) is 7.60. The number of hydrogen-bond donors (Lipinski definition) is 1. The van der Waals surface area contributed by atoms with Gasteiger partial charge in [-0.1, -0.05) is 6.07 Å². The second kappa shape index (κ2) is 7.63. The van der Waals surface area contributed by atoms with E-state index in [-0.39, 0.29) is 6.04 Å². The van der Waals surface area contributed by atoms with Crippen LogP contribution < -0.4 is 0 Å². The quantitative estimate of drug-likeness (QED) is 0.896. The van der Waals surface area contributed by atoms with Gasteiger partial charge in [-0.05, 0) is 58.1 Å². The Hall–Kier alpha value is -2.13. The minimum Gasteiger partial charge on any atom is -0.465 e. The zero-order chi connectivity index (χ0) is 18.7. The van der Waals surface area contributed by atoms with Crippen molar-refractivity contribution < 1.29 is 9.90 Å². The number of nitrogens with zero attached hydrogens (tertiary/aromatic N) is 4. The molecule has 1 atom stereocenters. The van der Waals surface area contributed by atoms with Crippen LogP contribution >= 0.6 is 0 Å². The molecule has 0 spiro atoms. The summed E-state index contributed by atoms with van der Waals surface area (Å²) in [5, 5.41) is 19.2. The van der Waals surface area contributed by atoms with Crippen LogP contribution in [0.5, 0.6) is 0 Å². The Morgan fingerprint density at radius 1 is 1.42 bits per heavy atom. The lowest BCUT2D eigenvalue weighted by atomic mass is 9.71. The maximum atomic E-state index is 11.4. The minimum atomic E-state index is -0.822. The minimum absolute atomic E-state index is 0.0959. The molecule has 3 rings (SSSR count). The van der Waals surface area contributed by atoms with Gasteiger partial charge in [0.15, 0.2) is 0 Å². The lowest BCUT2D eigenvalue weighted by molar-refractivity contribution is 0.118. The zero-order valence-corrected chi connectivity index (χ0v) is 15.7. The molecule has 1 aliphatic heterocycles. The predicted molar refractivity (Wildman–Crippen MR) is 98.9 cm³/mol. The summed E-state index contributed by atoms with van der Waals surface area (Å²) in [6, 6.07) is 9.03. The number of nitriles is 1. The first-order chi connectivity index (χ1) is 12.5. The molecule has 1 saturated heterocycles. The van der Waals surface area contributed by atoms with Crippen LogP contribution in [0.4, 0.5) is 4.79 Å². The lowest BCUT2D eigenvalue weighted by Gasteiger charge is -2.39. The second-order valence-corrected chi connectivity index (χ2v) is 7.60. The largest absolute Gasteiger partial charge is 0.465 e. The molecule has 26 heavy (non-hydrogen) atoms. The van der Waals surface area contributed by atoms with E-state index in [0.717, 1.165) is 56.6 Å². The van der Waals surface area contributed by atoms with Gasteiger partial charge in [0.05, 0.1) is 17.2 Å². The highest BCUT2D eigenvalue weighted by atomic mass is 16.4. The van der Waals surface area contributed by atoms with Crippen molar-refractivity contribution in [2.24, 2.45) is 0 Å². The van der Waals surface area contributed by atoms with Gasteiger partial charge in [0.25, 0.3) is 0 Å². The van der Waals surface area contributed by atoms with Crippen LogP contribution in [-0.4, -0.2) is 57.7 Å². The summed E-state index contributed by atoms with van der Waals surface area (Å²) in [5.74, 6) is 0. The molecule has 2 heterocycles. The van der Waals surface area contributed by atoms with Gasteiger partial charge in [0.1, 0.15) is 0 Å². The number of amides is 1. The number of aryl methyl sites for hydroxylation is 1. The number of rotatable bonds is 4. The van der Waals surface area contributed by atoms with E-state index in [9.17, 15) is 15.2 Å². The fraction of sp³-hybridized carbons (Fsp3) is 0.650. The summed E-state index contributed by atoms with van der Waals surface area (Å²) in [5.41, 5.74) is 1.38. The van der Waals surface area contributed by atoms with Crippen LogP contribution in [-0.2, 0) is 5.41 Å². The topological polar surface area (TPSA) is 80.5 Å². The van der Waals surface area contributed by atoms with Crippen LogP contribution in [0.3, 0.4) is 0 Å². The van der Waals surface area contributed by atoms with Crippen LogP contribution in [0.2, 0.25) is 0 Å². The SMILES string of the molecule is CCN(C(=O)O)[C@H]1CCN(C2CCC(C#N)(c3cccc(C)n3)CC2)C1. The summed E-state index contributed by atoms with van der Waals surface area (Å²) in [7, 11) is 0. The van der Waals surface area contributed by atoms with Crippen LogP contribution in [0.15, 0.2) is 18.2 Å². The number of aromatic nitrogens is 1. The van der Waals surface area contributed by atoms with E-state index >= 15 is 0 Å². The molecule has 140 valence electrons. The first kappa shape index (κ1) is 18.7. The molecule has 2 aliphatic rings. The molecule has 1 aromatic heterocycles. The van der Waals surface area contributed by atoms with Gasteiger partial charge in [-0.25, -0.2) is 4.79 Å². The first-order valence-electron chi connectivity index (χ1n) is 9.58. The summed E-state index contributed by atoms with van der Waals surface area (Å²) < 4.78 is 0. The van der Waals surface area contributed by atoms with Gasteiger partial charge in [-0.15, -0.1) is 0 Å². The Balaban J connectivity index is 1.64. The van der Waals surface area contributed by atoms with Crippen molar-refractivity contribution in [2.45, 2.75) is 63.5 Å². The molecule has 0 aromatic carbocycles. The summed E-state index contributed by atoms with van der Waals surface area (Å²) in [4.78, 5) is 20.0. The predicted octanol–water partition coefficient (Wildman–Crippen LogP) is 3.17. The highest BCUT2D eigenvalue weighted by Crippen LogP contribution is 2.40. The van der Waals surface area contributed by atoms with Crippen molar-refractivity contribution in [3.05, 3.63) is 29.6 Å². The third kappa shape index (κ3) is 3.54. The molecule has 2 fully saturated rings. The van der Waals surface area contributed by atoms with Gasteiger partial charge >= 0.3 is 6.09 Å². The first-order valence-corrected chi connectivity index (χ1v) is 9.58. The summed E-state index contributed by atoms with van der Waals surface area (Å²) in [6.07, 6.45) is 3.66. The number of likely N-dealkylation sites (N-methyl/N-ethyl adjacent to an activating group) is 1. The standard InChI is InChI=1S/C20H28N4O2/c1-3-24(19(25)26)17-9-12-23(13-17)16-7-10-20(14-21,11-8-16)18-6-4-5-15(2)22-18/h4-6,16-17H,3,7-13H2,1-2H3,(H,25,26)/t16?,17-,20?/m0/s1. The van der Waals surface area contributed by atoms with Crippen molar-refractivity contribution in [1.29, 1.82) is 5.26 Å². The van der Waals surface area contributed by atoms with E-state index in [4.69, 9.17) is 0 Å². The van der Waals surface area contributed by atoms with Crippen molar-refractivity contribution in [3.8, 4) is 6.07 Å². The highest BCUT2D eigenvalue weighted by Gasteiger charge is 2.41. The molecule has 1 amide bonds. The molecular weight excluding hydrogens is 328 g/mol. The molecule has 0 bridgehead atoms. The average Bonchev–Trinajstić information content (AvgIpc) is 3.11. The Bertz CT molecular complexity index is 691. The van der Waals surface area contributed by atoms with E-state index in [0.29, 0.717) is 12.6 Å². The average molecular weight is 356 g/mol. The van der Waals surface area contributed by atoms with Gasteiger partial charge < -0.3 is 10.0 Å². The maximum Gasteiger partial charge on any atom is 0.407 e. The van der Waals surface area contributed by atoms with Gasteiger partial charge in [0.2, 0.25) is 0 Å². The van der Waals surface area contributed by atoms with Crippen molar-refractivity contribution in [3.63, 3.8) is 0 Å². The van der Waals surface area contributed by atoms with Crippen LogP contribution in [0.1, 0.15) is 50.4 Å². The van der Waals surface area contributed by atoms with Crippen LogP contribution in [0, 0.1) is 18.3 Å². The third-order valence-corrected chi connectivity index (χ3v) is 6.14. The van der Waals surface area contributed by atoms with Gasteiger partial charge in [-0.2, -0.15) is 5.26 Å². The van der Waals surface area contributed by atoms with Crippen molar-refractivity contribution in [2.75, 3.05) is 19.6 Å². The fourth-order valence-electron chi connectivity index (χ4n) is 4.60. The molecular formula is C20H28N4O2. The van der Waals surface area contributed by atoms with E-state index in [1.54, 1.807) is 4.90 Å². The Labute approximate surface area is 155 Å². The normalized spacial score (nSPS) is 29.3. The third-order valence-electron chi connectivity index (χ3n) is 6.14. The van der Waals surface area contributed by atoms with Gasteiger partial charge in [0, 0.05) is 37.4 Å². The number of carboxylic acid groups (broad SMARTS) is 1. The molecule has 1 aliphatic carbocycles. The van der Waals surface area contributed by atoms with E-state index in [2.05, 4.69) is 16.0 Å². The number of hydrogen-bond acceptors (Lipinski definition) is 4. The highest BCUT2D eigenvalue weighted by molar-refractivity contribution is 5.65. The molecule has 6 nitrogen and oxygen atoms in total. The molecule has 0 unspecified atom stereocenters. The van der Waals surface area contributed by atoms with E-state index in [1.807, 2.05) is 32.0 Å². The lowest BCUT2D eigenvalue weighted by Crippen LogP contribution is -2.44. The Morgan fingerprint density at radius 2 is 2.15 bits per heavy atom. The summed E-state index contributed by atoms with van der Waals surface area (Å²) >= 11 is 0.